The van der Waals surface area contributed by atoms with E-state index >= 15 is 0 Å². The lowest BCUT2D eigenvalue weighted by atomic mass is 10.1. The molecule has 0 saturated carbocycles. The fourth-order valence-electron chi connectivity index (χ4n) is 0.642. The van der Waals surface area contributed by atoms with Crippen LogP contribution < -0.4 is 0 Å². The lowest BCUT2D eigenvalue weighted by Crippen LogP contribution is -2.36. The maximum atomic E-state index is 11.6. The van der Waals surface area contributed by atoms with Crippen molar-refractivity contribution >= 4 is 0 Å². The smallest absolute Gasteiger partial charge is 0.396 e. The second-order valence-corrected chi connectivity index (χ2v) is 2.15. The van der Waals surface area contributed by atoms with Gasteiger partial charge < -0.3 is 5.11 Å². The molecule has 0 aromatic heterocycles. The molecule has 0 spiro atoms. The first-order valence-electron chi connectivity index (χ1n) is 2.94. The zero-order chi connectivity index (χ0) is 9.99. The van der Waals surface area contributed by atoms with Crippen LogP contribution in [0, 0.1) is 5.92 Å². The average molecular weight is 196 g/mol. The first-order valence-corrected chi connectivity index (χ1v) is 2.94. The normalized spacial score (nSPS) is 14.0. The van der Waals surface area contributed by atoms with E-state index in [9.17, 15) is 26.3 Å². The molecule has 0 saturated heterocycles. The number of halogens is 6. The third-order valence-corrected chi connectivity index (χ3v) is 1.21. The Balaban J connectivity index is 4.45. The summed E-state index contributed by atoms with van der Waals surface area (Å²) in [5.74, 6) is -3.42. The minimum Gasteiger partial charge on any atom is -0.396 e. The van der Waals surface area contributed by atoms with Gasteiger partial charge in [-0.2, -0.15) is 26.3 Å². The van der Waals surface area contributed by atoms with Crippen molar-refractivity contribution in [3.05, 3.63) is 0 Å². The summed E-state index contributed by atoms with van der Waals surface area (Å²) in [6.45, 7) is -1.14. The van der Waals surface area contributed by atoms with E-state index in [1.807, 2.05) is 0 Å². The zero-order valence-corrected chi connectivity index (χ0v) is 5.71. The predicted octanol–water partition coefficient (Wildman–Crippen LogP) is 2.11. The number of hydrogen-bond donors (Lipinski definition) is 1. The molecule has 0 aliphatic carbocycles. The summed E-state index contributed by atoms with van der Waals surface area (Å²) in [6.07, 6.45) is -12.0. The van der Waals surface area contributed by atoms with Crippen LogP contribution in [0.25, 0.3) is 0 Å². The summed E-state index contributed by atoms with van der Waals surface area (Å²) >= 11 is 0. The molecule has 0 radical (unpaired) electrons. The lowest BCUT2D eigenvalue weighted by molar-refractivity contribution is -0.287. The van der Waals surface area contributed by atoms with Crippen molar-refractivity contribution in [1.29, 1.82) is 0 Å². The summed E-state index contributed by atoms with van der Waals surface area (Å²) in [5.41, 5.74) is 0. The molecule has 0 aliphatic heterocycles. The van der Waals surface area contributed by atoms with Crippen LogP contribution in [-0.2, 0) is 0 Å². The molecular weight excluding hydrogens is 190 g/mol. The molecule has 12 heavy (non-hydrogen) atoms. The molecule has 1 nitrogen and oxygen atoms in total. The van der Waals surface area contributed by atoms with Crippen LogP contribution in [0.5, 0.6) is 0 Å². The van der Waals surface area contributed by atoms with Crippen LogP contribution in [-0.4, -0.2) is 24.1 Å². The lowest BCUT2D eigenvalue weighted by Gasteiger charge is -2.21. The summed E-state index contributed by atoms with van der Waals surface area (Å²) in [5, 5.41) is 7.96. The van der Waals surface area contributed by atoms with Gasteiger partial charge in [-0.3, -0.25) is 0 Å². The van der Waals surface area contributed by atoms with Gasteiger partial charge in [-0.05, 0) is 6.42 Å². The van der Waals surface area contributed by atoms with Gasteiger partial charge in [0.25, 0.3) is 0 Å². The zero-order valence-electron chi connectivity index (χ0n) is 5.71. The van der Waals surface area contributed by atoms with Gasteiger partial charge in [0.1, 0.15) is 0 Å². The minimum absolute atomic E-state index is 1.14. The Morgan fingerprint density at radius 1 is 0.917 bits per heavy atom. The molecule has 0 amide bonds. The number of rotatable bonds is 2. The van der Waals surface area contributed by atoms with Gasteiger partial charge in [0.2, 0.25) is 0 Å². The topological polar surface area (TPSA) is 20.2 Å². The van der Waals surface area contributed by atoms with Gasteiger partial charge >= 0.3 is 12.4 Å². The van der Waals surface area contributed by atoms with Gasteiger partial charge in [0, 0.05) is 6.61 Å². The highest BCUT2D eigenvalue weighted by atomic mass is 19.4. The summed E-state index contributed by atoms with van der Waals surface area (Å²) in [6, 6.07) is 0. The van der Waals surface area contributed by atoms with Crippen molar-refractivity contribution in [3.63, 3.8) is 0 Å². The highest BCUT2D eigenvalue weighted by Crippen LogP contribution is 2.40. The summed E-state index contributed by atoms with van der Waals surface area (Å²) in [7, 11) is 0. The van der Waals surface area contributed by atoms with E-state index in [-0.39, 0.29) is 0 Å². The summed E-state index contributed by atoms with van der Waals surface area (Å²) < 4.78 is 69.4. The number of aliphatic hydroxyl groups excluding tert-OH is 1. The molecule has 1 N–H and O–H groups in total. The highest BCUT2D eigenvalue weighted by molar-refractivity contribution is 4.74. The Hall–Kier alpha value is -0.460. The van der Waals surface area contributed by atoms with Crippen molar-refractivity contribution < 1.29 is 31.4 Å². The van der Waals surface area contributed by atoms with E-state index < -0.39 is 31.3 Å². The van der Waals surface area contributed by atoms with E-state index in [4.69, 9.17) is 5.11 Å². The van der Waals surface area contributed by atoms with Crippen LogP contribution in [0.4, 0.5) is 26.3 Å². The SMILES string of the molecule is OCCC(C(F)(F)F)C(F)(F)F. The van der Waals surface area contributed by atoms with Gasteiger partial charge in [0.05, 0.1) is 0 Å². The Bertz CT molecular complexity index is 122. The van der Waals surface area contributed by atoms with Crippen LogP contribution >= 0.6 is 0 Å². The van der Waals surface area contributed by atoms with Gasteiger partial charge in [-0.25, -0.2) is 0 Å². The number of aliphatic hydroxyl groups is 1. The fraction of sp³-hybridized carbons (Fsp3) is 1.00. The van der Waals surface area contributed by atoms with Crippen molar-refractivity contribution in [2.75, 3.05) is 6.61 Å². The molecule has 0 aromatic rings. The van der Waals surface area contributed by atoms with Crippen LogP contribution in [0.1, 0.15) is 6.42 Å². The molecule has 0 rings (SSSR count). The maximum absolute atomic E-state index is 11.6. The molecule has 0 fully saturated rings. The van der Waals surface area contributed by atoms with Gasteiger partial charge in [-0.1, -0.05) is 0 Å². The predicted molar refractivity (Wildman–Crippen MR) is 27.3 cm³/mol. The molecule has 7 heteroatoms. The standard InChI is InChI=1S/C5H6F6O/c6-4(7,8)3(1-2-12)5(9,10)11/h3,12H,1-2H2. The quantitative estimate of drug-likeness (QED) is 0.670. The van der Waals surface area contributed by atoms with E-state index in [1.54, 1.807) is 0 Å². The molecule has 0 bridgehead atoms. The molecule has 74 valence electrons. The largest absolute Gasteiger partial charge is 0.400 e. The van der Waals surface area contributed by atoms with Crippen LogP contribution in [0.2, 0.25) is 0 Å². The fourth-order valence-corrected chi connectivity index (χ4v) is 0.642. The van der Waals surface area contributed by atoms with E-state index in [2.05, 4.69) is 0 Å². The Morgan fingerprint density at radius 3 is 1.33 bits per heavy atom. The van der Waals surface area contributed by atoms with Crippen molar-refractivity contribution in [2.24, 2.45) is 5.92 Å². The van der Waals surface area contributed by atoms with Crippen molar-refractivity contribution in [3.8, 4) is 0 Å². The molecule has 0 unspecified atom stereocenters. The molecule has 0 aliphatic rings. The van der Waals surface area contributed by atoms with Crippen LogP contribution in [0.3, 0.4) is 0 Å². The maximum Gasteiger partial charge on any atom is 0.400 e. The van der Waals surface area contributed by atoms with Crippen molar-refractivity contribution in [1.82, 2.24) is 0 Å². The van der Waals surface area contributed by atoms with E-state index in [0.29, 0.717) is 0 Å². The monoisotopic (exact) mass is 196 g/mol. The first kappa shape index (κ1) is 11.5. The molecule has 0 atom stereocenters. The third-order valence-electron chi connectivity index (χ3n) is 1.21. The summed E-state index contributed by atoms with van der Waals surface area (Å²) in [4.78, 5) is 0. The minimum atomic E-state index is -5.33. The highest BCUT2D eigenvalue weighted by Gasteiger charge is 2.55. The Kier molecular flexibility index (Phi) is 3.37. The van der Waals surface area contributed by atoms with Gasteiger partial charge in [-0.15, -0.1) is 0 Å². The Morgan fingerprint density at radius 2 is 1.25 bits per heavy atom. The number of hydrogen-bond acceptors (Lipinski definition) is 1. The van der Waals surface area contributed by atoms with Crippen molar-refractivity contribution in [2.45, 2.75) is 18.8 Å². The molecular formula is C5H6F6O. The van der Waals surface area contributed by atoms with E-state index in [1.165, 1.54) is 0 Å². The molecule has 0 aromatic carbocycles. The second-order valence-electron chi connectivity index (χ2n) is 2.15. The first-order chi connectivity index (χ1) is 5.19. The third kappa shape index (κ3) is 3.29. The average Bonchev–Trinajstić information content (AvgIpc) is 1.77. The van der Waals surface area contributed by atoms with Gasteiger partial charge in [0.15, 0.2) is 5.92 Å². The Labute approximate surface area is 64.0 Å². The molecule has 0 heterocycles. The second kappa shape index (κ2) is 3.51. The van der Waals surface area contributed by atoms with Crippen LogP contribution in [0.15, 0.2) is 0 Å². The van der Waals surface area contributed by atoms with E-state index in [0.717, 1.165) is 0 Å². The number of alkyl halides is 6.